The molecule has 1 amide bonds. The number of aryl methyl sites for hydroxylation is 1. The molecule has 0 saturated heterocycles. The lowest BCUT2D eigenvalue weighted by molar-refractivity contribution is -0.116. The molecule has 0 spiro atoms. The largest absolute Gasteiger partial charge is 0.490 e. The molecule has 1 unspecified atom stereocenters. The molecule has 1 aliphatic heterocycles. The van der Waals surface area contributed by atoms with Crippen molar-refractivity contribution in [2.75, 3.05) is 5.32 Å². The third-order valence-corrected chi connectivity index (χ3v) is 5.73. The maximum atomic E-state index is 12.6. The van der Waals surface area contributed by atoms with E-state index in [0.717, 1.165) is 35.4 Å². The van der Waals surface area contributed by atoms with Gasteiger partial charge in [0.05, 0.1) is 11.8 Å². The summed E-state index contributed by atoms with van der Waals surface area (Å²) in [6, 6.07) is 9.83. The van der Waals surface area contributed by atoms with Gasteiger partial charge in [0.2, 0.25) is 5.91 Å². The van der Waals surface area contributed by atoms with E-state index in [4.69, 9.17) is 4.74 Å². The lowest BCUT2D eigenvalue weighted by Gasteiger charge is -2.26. The van der Waals surface area contributed by atoms with Crippen LogP contribution in [0.2, 0.25) is 0 Å². The highest BCUT2D eigenvalue weighted by molar-refractivity contribution is 5.95. The van der Waals surface area contributed by atoms with E-state index in [1.54, 1.807) is 23.1 Å². The maximum absolute atomic E-state index is 12.6. The van der Waals surface area contributed by atoms with E-state index in [1.807, 2.05) is 25.1 Å². The van der Waals surface area contributed by atoms with Gasteiger partial charge in [0, 0.05) is 35.9 Å². The Balaban J connectivity index is 1.59. The van der Waals surface area contributed by atoms with Gasteiger partial charge >= 0.3 is 0 Å². The molecule has 7 nitrogen and oxygen atoms in total. The molecule has 0 radical (unpaired) electrons. The number of carbonyl (C=O) groups is 1. The first kappa shape index (κ1) is 17.8. The predicted molar refractivity (Wildman–Crippen MR) is 108 cm³/mol. The number of ether oxygens (including phenoxy) is 1. The zero-order valence-electron chi connectivity index (χ0n) is 16.3. The first-order chi connectivity index (χ1) is 14.2. The van der Waals surface area contributed by atoms with Crippen molar-refractivity contribution in [3.8, 4) is 11.7 Å². The Kier molecular flexibility index (Phi) is 4.50. The molecule has 0 bridgehead atoms. The molecule has 1 N–H and O–H groups in total. The van der Waals surface area contributed by atoms with E-state index >= 15 is 0 Å². The third-order valence-electron chi connectivity index (χ3n) is 5.73. The van der Waals surface area contributed by atoms with Crippen LogP contribution in [0.25, 0.3) is 5.95 Å². The zero-order valence-corrected chi connectivity index (χ0v) is 16.3. The number of para-hydroxylation sites is 1. The van der Waals surface area contributed by atoms with Gasteiger partial charge in [-0.3, -0.25) is 4.79 Å². The Bertz CT molecular complexity index is 1040. The highest BCUT2D eigenvalue weighted by Crippen LogP contribution is 2.43. The molecule has 3 aromatic rings. The van der Waals surface area contributed by atoms with Crippen LogP contribution in [0, 0.1) is 6.92 Å². The molecule has 1 atom stereocenters. The number of fused-ring (bicyclic) bond motifs is 1. The van der Waals surface area contributed by atoms with Gasteiger partial charge in [0.1, 0.15) is 11.6 Å². The Morgan fingerprint density at radius 2 is 1.86 bits per heavy atom. The molecule has 1 aromatic carbocycles. The Morgan fingerprint density at radius 3 is 2.66 bits per heavy atom. The second-order valence-electron chi connectivity index (χ2n) is 7.68. The number of hydrogen-bond donors (Lipinski definition) is 1. The lowest BCUT2D eigenvalue weighted by atomic mass is 9.85. The van der Waals surface area contributed by atoms with Crippen LogP contribution in [0.3, 0.4) is 0 Å². The molecule has 3 heterocycles. The number of nitrogens with zero attached hydrogens (tertiary/aromatic N) is 4. The Labute approximate surface area is 169 Å². The summed E-state index contributed by atoms with van der Waals surface area (Å²) < 4.78 is 7.98. The van der Waals surface area contributed by atoms with E-state index in [1.165, 1.54) is 12.8 Å². The monoisotopic (exact) mass is 389 g/mol. The number of benzene rings is 1. The smallest absolute Gasteiger partial charge is 0.252 e. The quantitative estimate of drug-likeness (QED) is 0.735. The van der Waals surface area contributed by atoms with Crippen LogP contribution in [0.15, 0.2) is 42.7 Å². The highest BCUT2D eigenvalue weighted by atomic mass is 16.5. The minimum absolute atomic E-state index is 0.0461. The van der Waals surface area contributed by atoms with Gasteiger partial charge in [-0.25, -0.2) is 9.97 Å². The van der Waals surface area contributed by atoms with Gasteiger partial charge < -0.3 is 10.1 Å². The predicted octanol–water partition coefficient (Wildman–Crippen LogP) is 3.77. The molecule has 1 aliphatic carbocycles. The van der Waals surface area contributed by atoms with Gasteiger partial charge in [0.15, 0.2) is 0 Å². The Hall–Kier alpha value is -3.22. The summed E-state index contributed by atoms with van der Waals surface area (Å²) in [6.45, 7) is 1.96. The number of hydrogen-bond acceptors (Lipinski definition) is 5. The average molecular weight is 389 g/mol. The van der Waals surface area contributed by atoms with Crippen molar-refractivity contribution in [2.24, 2.45) is 0 Å². The van der Waals surface area contributed by atoms with Gasteiger partial charge in [-0.1, -0.05) is 18.2 Å². The number of rotatable bonds is 4. The van der Waals surface area contributed by atoms with Crippen LogP contribution < -0.4 is 10.1 Å². The number of amides is 1. The van der Waals surface area contributed by atoms with Crippen molar-refractivity contribution in [2.45, 2.75) is 51.0 Å². The van der Waals surface area contributed by atoms with E-state index in [2.05, 4.69) is 26.4 Å². The Morgan fingerprint density at radius 1 is 1.10 bits per heavy atom. The summed E-state index contributed by atoms with van der Waals surface area (Å²) >= 11 is 0. The van der Waals surface area contributed by atoms with Gasteiger partial charge in [-0.15, -0.1) is 0 Å². The van der Waals surface area contributed by atoms with Gasteiger partial charge in [-0.2, -0.15) is 9.78 Å². The van der Waals surface area contributed by atoms with Gasteiger partial charge in [-0.05, 0) is 44.7 Å². The van der Waals surface area contributed by atoms with E-state index in [0.29, 0.717) is 18.2 Å². The standard InChI is InChI=1S/C22H23N5O2/c1-14-20-17(16-9-4-5-10-18(16)29-15-7-2-3-8-15)13-19(28)25-21(20)27(26-14)22-23-11-6-12-24-22/h4-6,9-12,15,17H,2-3,7-8,13H2,1H3,(H,25,28). The van der Waals surface area contributed by atoms with Crippen LogP contribution in [0.1, 0.15) is 54.8 Å². The second kappa shape index (κ2) is 7.31. The average Bonchev–Trinajstić information content (AvgIpc) is 3.36. The fourth-order valence-electron chi connectivity index (χ4n) is 4.42. The number of nitrogens with one attached hydrogen (secondary N) is 1. The van der Waals surface area contributed by atoms with Gasteiger partial charge in [0.25, 0.3) is 5.95 Å². The third kappa shape index (κ3) is 3.26. The summed E-state index contributed by atoms with van der Waals surface area (Å²) in [6.07, 6.45) is 8.56. The first-order valence-electron chi connectivity index (χ1n) is 10.1. The topological polar surface area (TPSA) is 81.9 Å². The lowest BCUT2D eigenvalue weighted by Crippen LogP contribution is -2.25. The molecule has 5 rings (SSSR count). The number of aromatic nitrogens is 4. The van der Waals surface area contributed by atoms with Crippen molar-refractivity contribution in [1.29, 1.82) is 0 Å². The first-order valence-corrected chi connectivity index (χ1v) is 10.1. The molecule has 1 fully saturated rings. The summed E-state index contributed by atoms with van der Waals surface area (Å²) in [5, 5.41) is 7.62. The fraction of sp³-hybridized carbons (Fsp3) is 0.364. The van der Waals surface area contributed by atoms with Crippen LogP contribution in [-0.4, -0.2) is 31.8 Å². The molecule has 29 heavy (non-hydrogen) atoms. The van der Waals surface area contributed by atoms with Crippen molar-refractivity contribution in [3.05, 3.63) is 59.5 Å². The SMILES string of the molecule is Cc1nn(-c2ncccn2)c2c1C(c1ccccc1OC1CCCC1)CC(=O)N2. The van der Waals surface area contributed by atoms with E-state index in [9.17, 15) is 4.79 Å². The number of anilines is 1. The van der Waals surface area contributed by atoms with E-state index < -0.39 is 0 Å². The van der Waals surface area contributed by atoms with Crippen LogP contribution in [0.4, 0.5) is 5.82 Å². The molecule has 7 heteroatoms. The zero-order chi connectivity index (χ0) is 19.8. The van der Waals surface area contributed by atoms with Crippen molar-refractivity contribution < 1.29 is 9.53 Å². The normalized spacial score (nSPS) is 19.1. The molecule has 148 valence electrons. The van der Waals surface area contributed by atoms with Crippen LogP contribution >= 0.6 is 0 Å². The summed E-state index contributed by atoms with van der Waals surface area (Å²) in [7, 11) is 0. The van der Waals surface area contributed by atoms with Crippen molar-refractivity contribution in [3.63, 3.8) is 0 Å². The summed E-state index contributed by atoms with van der Waals surface area (Å²) in [4.78, 5) is 21.2. The molecular weight excluding hydrogens is 366 g/mol. The summed E-state index contributed by atoms with van der Waals surface area (Å²) in [5.74, 6) is 1.79. The van der Waals surface area contributed by atoms with Crippen molar-refractivity contribution in [1.82, 2.24) is 19.7 Å². The van der Waals surface area contributed by atoms with Crippen molar-refractivity contribution >= 4 is 11.7 Å². The number of carbonyl (C=O) groups excluding carboxylic acids is 1. The fourth-order valence-corrected chi connectivity index (χ4v) is 4.42. The summed E-state index contributed by atoms with van der Waals surface area (Å²) in [5.41, 5.74) is 2.89. The minimum Gasteiger partial charge on any atom is -0.490 e. The second-order valence-corrected chi connectivity index (χ2v) is 7.68. The highest BCUT2D eigenvalue weighted by Gasteiger charge is 2.35. The molecule has 2 aliphatic rings. The van der Waals surface area contributed by atoms with Crippen LogP contribution in [-0.2, 0) is 4.79 Å². The van der Waals surface area contributed by atoms with Crippen LogP contribution in [0.5, 0.6) is 5.75 Å². The molecule has 1 saturated carbocycles. The molecule has 2 aromatic heterocycles. The molecular formula is C22H23N5O2. The maximum Gasteiger partial charge on any atom is 0.252 e. The minimum atomic E-state index is -0.117. The van der Waals surface area contributed by atoms with E-state index in [-0.39, 0.29) is 17.9 Å².